The van der Waals surface area contributed by atoms with Crippen LogP contribution in [-0.2, 0) is 0 Å². The Balaban J connectivity index is 0. The maximum Gasteiger partial charge on any atom is 0 e. The first-order valence-corrected chi connectivity index (χ1v) is 2.50. The third kappa shape index (κ3) is 4.33. The van der Waals surface area contributed by atoms with Crippen LogP contribution in [0.15, 0.2) is 0 Å². The van der Waals surface area contributed by atoms with Crippen LogP contribution in [0.5, 0.6) is 0 Å². The van der Waals surface area contributed by atoms with E-state index in [9.17, 15) is 0 Å². The summed E-state index contributed by atoms with van der Waals surface area (Å²) >= 11 is 0. The number of hydrogen-bond donors (Lipinski definition) is 0. The normalized spacial score (nSPS) is 17.1. The molecular formula is C5H12OSe. The summed E-state index contributed by atoms with van der Waals surface area (Å²) < 4.78 is 0. The second-order valence-electron chi connectivity index (χ2n) is 1.77. The van der Waals surface area contributed by atoms with E-state index >= 15 is 0 Å². The summed E-state index contributed by atoms with van der Waals surface area (Å²) in [5.41, 5.74) is 0. The topological polar surface area (TPSA) is 31.5 Å². The Morgan fingerprint density at radius 1 is 0.571 bits per heavy atom. The standard InChI is InChI=1S/C5H10.H2O.Se/c1-2-4-5-3-1;;/h1-5H2;1H2;. The molecule has 1 aliphatic rings. The van der Waals surface area contributed by atoms with Crippen molar-refractivity contribution in [2.24, 2.45) is 0 Å². The van der Waals surface area contributed by atoms with Gasteiger partial charge in [-0.15, -0.1) is 0 Å². The maximum absolute atomic E-state index is 1.50. The van der Waals surface area contributed by atoms with Crippen LogP contribution in [0.1, 0.15) is 32.1 Å². The van der Waals surface area contributed by atoms with E-state index in [1.54, 1.807) is 0 Å². The quantitative estimate of drug-likeness (QED) is 0.477. The van der Waals surface area contributed by atoms with E-state index in [2.05, 4.69) is 0 Å². The van der Waals surface area contributed by atoms with Gasteiger partial charge in [-0.2, -0.15) is 0 Å². The summed E-state index contributed by atoms with van der Waals surface area (Å²) in [7, 11) is 0. The molecule has 7 heavy (non-hydrogen) atoms. The van der Waals surface area contributed by atoms with Crippen molar-refractivity contribution in [3.63, 3.8) is 0 Å². The van der Waals surface area contributed by atoms with E-state index in [4.69, 9.17) is 0 Å². The summed E-state index contributed by atoms with van der Waals surface area (Å²) in [4.78, 5) is 0. The molecule has 0 amide bonds. The molecule has 1 aliphatic carbocycles. The van der Waals surface area contributed by atoms with Crippen LogP contribution in [0.25, 0.3) is 0 Å². The van der Waals surface area contributed by atoms with Gasteiger partial charge in [0.05, 0.1) is 0 Å². The minimum absolute atomic E-state index is 0. The summed E-state index contributed by atoms with van der Waals surface area (Å²) in [6.45, 7) is 0. The molecule has 0 heterocycles. The van der Waals surface area contributed by atoms with Crippen molar-refractivity contribution >= 4 is 17.1 Å². The largest absolute Gasteiger partial charge is 0.412 e. The van der Waals surface area contributed by atoms with E-state index in [0.29, 0.717) is 0 Å². The average molecular weight is 167 g/mol. The zero-order valence-electron chi connectivity index (χ0n) is 4.44. The molecule has 0 unspecified atom stereocenters. The fourth-order valence-corrected chi connectivity index (χ4v) is 0.884. The molecule has 2 radical (unpaired) electrons. The van der Waals surface area contributed by atoms with Crippen molar-refractivity contribution in [1.82, 2.24) is 0 Å². The average Bonchev–Trinajstić information content (AvgIpc) is 1.76. The van der Waals surface area contributed by atoms with Crippen LogP contribution in [-0.4, -0.2) is 22.5 Å². The predicted octanol–water partition coefficient (Wildman–Crippen LogP) is 0.745. The van der Waals surface area contributed by atoms with Crippen molar-refractivity contribution in [3.05, 3.63) is 0 Å². The molecule has 2 heteroatoms. The summed E-state index contributed by atoms with van der Waals surface area (Å²) in [6, 6.07) is 0. The molecule has 0 spiro atoms. The SMILES string of the molecule is C1CCCC1.O.[Se]. The van der Waals surface area contributed by atoms with Gasteiger partial charge in [-0.1, -0.05) is 32.1 Å². The first kappa shape index (κ1) is 10.5. The van der Waals surface area contributed by atoms with Crippen LogP contribution >= 0.6 is 0 Å². The smallest absolute Gasteiger partial charge is 0 e. The third-order valence-corrected chi connectivity index (χ3v) is 1.25. The van der Waals surface area contributed by atoms with Gasteiger partial charge in [-0.3, -0.25) is 0 Å². The monoisotopic (exact) mass is 168 g/mol. The maximum atomic E-state index is 1.50. The second-order valence-corrected chi connectivity index (χ2v) is 1.77. The Morgan fingerprint density at radius 2 is 0.714 bits per heavy atom. The van der Waals surface area contributed by atoms with Crippen molar-refractivity contribution in [2.75, 3.05) is 0 Å². The van der Waals surface area contributed by atoms with E-state index < -0.39 is 0 Å². The molecule has 44 valence electrons. The molecule has 1 fully saturated rings. The fourth-order valence-electron chi connectivity index (χ4n) is 0.884. The Hall–Kier alpha value is 0.479. The van der Waals surface area contributed by atoms with Gasteiger partial charge >= 0.3 is 0 Å². The van der Waals surface area contributed by atoms with Gasteiger partial charge < -0.3 is 5.48 Å². The van der Waals surface area contributed by atoms with Crippen molar-refractivity contribution in [1.29, 1.82) is 0 Å². The number of rotatable bonds is 0. The molecule has 1 rings (SSSR count). The van der Waals surface area contributed by atoms with Crippen LogP contribution < -0.4 is 0 Å². The molecule has 1 saturated carbocycles. The van der Waals surface area contributed by atoms with Gasteiger partial charge in [0.2, 0.25) is 0 Å². The Morgan fingerprint density at radius 3 is 0.857 bits per heavy atom. The van der Waals surface area contributed by atoms with Crippen molar-refractivity contribution in [2.45, 2.75) is 32.1 Å². The zero-order valence-corrected chi connectivity index (χ0v) is 6.16. The van der Waals surface area contributed by atoms with Crippen molar-refractivity contribution in [3.8, 4) is 0 Å². The van der Waals surface area contributed by atoms with Gasteiger partial charge in [0.25, 0.3) is 0 Å². The van der Waals surface area contributed by atoms with Crippen LogP contribution in [0.2, 0.25) is 0 Å². The molecule has 0 atom stereocenters. The molecule has 0 aromatic rings. The molecule has 2 N–H and O–H groups in total. The summed E-state index contributed by atoms with van der Waals surface area (Å²) in [6.07, 6.45) is 7.50. The van der Waals surface area contributed by atoms with Gasteiger partial charge in [-0.25, -0.2) is 0 Å². The van der Waals surface area contributed by atoms with Crippen LogP contribution in [0.4, 0.5) is 0 Å². The molecule has 0 bridgehead atoms. The molecule has 0 saturated heterocycles. The Labute approximate surface area is 55.3 Å². The molecule has 0 aromatic carbocycles. The fraction of sp³-hybridized carbons (Fsp3) is 1.00. The van der Waals surface area contributed by atoms with E-state index in [0.717, 1.165) is 0 Å². The van der Waals surface area contributed by atoms with Gasteiger partial charge in [0.1, 0.15) is 0 Å². The van der Waals surface area contributed by atoms with E-state index in [1.165, 1.54) is 32.1 Å². The third-order valence-electron chi connectivity index (χ3n) is 1.25. The molecule has 1 nitrogen and oxygen atoms in total. The molecule has 0 aromatic heterocycles. The van der Waals surface area contributed by atoms with E-state index in [1.807, 2.05) is 0 Å². The minimum atomic E-state index is 0. The van der Waals surface area contributed by atoms with Gasteiger partial charge in [0, 0.05) is 17.1 Å². The minimum Gasteiger partial charge on any atom is -0.412 e. The first-order valence-electron chi connectivity index (χ1n) is 2.50. The summed E-state index contributed by atoms with van der Waals surface area (Å²) in [5, 5.41) is 0. The predicted molar refractivity (Wildman–Crippen MR) is 32.5 cm³/mol. The van der Waals surface area contributed by atoms with Crippen molar-refractivity contribution < 1.29 is 5.48 Å². The van der Waals surface area contributed by atoms with Crippen LogP contribution in [0, 0.1) is 0 Å². The molecular weight excluding hydrogens is 155 g/mol. The first-order chi connectivity index (χ1) is 2.50. The zero-order chi connectivity index (χ0) is 3.54. The summed E-state index contributed by atoms with van der Waals surface area (Å²) in [5.74, 6) is 0. The van der Waals surface area contributed by atoms with E-state index in [-0.39, 0.29) is 22.5 Å². The van der Waals surface area contributed by atoms with Gasteiger partial charge in [-0.05, 0) is 0 Å². The molecule has 0 aliphatic heterocycles. The number of hydrogen-bond acceptors (Lipinski definition) is 0. The second kappa shape index (κ2) is 6.48. The Bertz CT molecular complexity index is 19.7. The van der Waals surface area contributed by atoms with Gasteiger partial charge in [0.15, 0.2) is 0 Å². The Kier molecular flexibility index (Phi) is 9.68. The van der Waals surface area contributed by atoms with Crippen LogP contribution in [0.3, 0.4) is 0 Å².